The number of carbonyl (C=O) groups is 2. The molecule has 1 aromatic carbocycles. The molecule has 0 spiro atoms. The number of rotatable bonds is 5. The van der Waals surface area contributed by atoms with E-state index in [1.807, 2.05) is 47.9 Å². The maximum atomic E-state index is 12.5. The van der Waals surface area contributed by atoms with Crippen LogP contribution in [-0.4, -0.2) is 59.0 Å². The van der Waals surface area contributed by atoms with Crippen molar-refractivity contribution in [3.63, 3.8) is 0 Å². The van der Waals surface area contributed by atoms with E-state index in [1.165, 1.54) is 0 Å². The van der Waals surface area contributed by atoms with Crippen LogP contribution in [0.25, 0.3) is 16.9 Å². The Morgan fingerprint density at radius 1 is 1.23 bits per heavy atom. The Balaban J connectivity index is 1.48. The highest BCUT2D eigenvalue weighted by atomic mass is 16.5. The number of esters is 1. The molecule has 1 atom stereocenters. The third-order valence-corrected chi connectivity index (χ3v) is 6.90. The molecule has 184 valence electrons. The van der Waals surface area contributed by atoms with Crippen LogP contribution >= 0.6 is 0 Å². The minimum Gasteiger partial charge on any atom is -0.479 e. The van der Waals surface area contributed by atoms with Gasteiger partial charge in [-0.1, -0.05) is 0 Å². The minimum absolute atomic E-state index is 0.0420. The van der Waals surface area contributed by atoms with Crippen LogP contribution in [0.1, 0.15) is 32.4 Å². The van der Waals surface area contributed by atoms with Crippen LogP contribution in [0.4, 0.5) is 11.4 Å². The summed E-state index contributed by atoms with van der Waals surface area (Å²) >= 11 is 0. The lowest BCUT2D eigenvalue weighted by Gasteiger charge is -2.31. The topological polar surface area (TPSA) is 102 Å². The molecule has 9 heteroatoms. The number of benzene rings is 1. The first-order chi connectivity index (χ1) is 16.9. The predicted octanol–water partition coefficient (Wildman–Crippen LogP) is 3.10. The van der Waals surface area contributed by atoms with Gasteiger partial charge >= 0.3 is 5.97 Å². The number of hydrogen-bond donors (Lipinski definition) is 1. The first kappa shape index (κ1) is 23.2. The van der Waals surface area contributed by atoms with Crippen molar-refractivity contribution in [3.05, 3.63) is 42.2 Å². The van der Waals surface area contributed by atoms with E-state index >= 15 is 0 Å². The number of nitrogens with zero attached hydrogens (tertiary/aromatic N) is 4. The molecule has 2 aliphatic heterocycles. The van der Waals surface area contributed by atoms with Gasteiger partial charge in [-0.25, -0.2) is 4.98 Å². The van der Waals surface area contributed by atoms with E-state index < -0.39 is 6.10 Å². The SMILES string of the molecule is CCOC(=O)C1CCN(Cc2c(-c3ccc4c(c3)N(C)C(=O)C(C)O4)nc3ccc(N)cn23)CC1. The van der Waals surface area contributed by atoms with Crippen LogP contribution in [0.5, 0.6) is 5.75 Å². The van der Waals surface area contributed by atoms with Gasteiger partial charge in [0.15, 0.2) is 6.10 Å². The van der Waals surface area contributed by atoms with Crippen LogP contribution < -0.4 is 15.4 Å². The van der Waals surface area contributed by atoms with E-state index in [9.17, 15) is 9.59 Å². The zero-order valence-electron chi connectivity index (χ0n) is 20.4. The van der Waals surface area contributed by atoms with Gasteiger partial charge in [0.25, 0.3) is 5.91 Å². The molecule has 1 saturated heterocycles. The second kappa shape index (κ2) is 9.22. The molecule has 0 bridgehead atoms. The van der Waals surface area contributed by atoms with Crippen molar-refractivity contribution in [1.29, 1.82) is 0 Å². The molecule has 1 fully saturated rings. The summed E-state index contributed by atoms with van der Waals surface area (Å²) in [7, 11) is 1.77. The molecule has 2 aromatic heterocycles. The van der Waals surface area contributed by atoms with E-state index in [0.717, 1.165) is 54.2 Å². The normalized spacial score (nSPS) is 19.0. The molecule has 5 rings (SSSR count). The van der Waals surface area contributed by atoms with Crippen LogP contribution in [0.3, 0.4) is 0 Å². The molecule has 1 unspecified atom stereocenters. The number of likely N-dealkylation sites (N-methyl/N-ethyl adjacent to an activating group) is 1. The number of ether oxygens (including phenoxy) is 2. The van der Waals surface area contributed by atoms with Crippen molar-refractivity contribution in [2.75, 3.05) is 37.4 Å². The van der Waals surface area contributed by atoms with Crippen molar-refractivity contribution < 1.29 is 19.1 Å². The molecule has 35 heavy (non-hydrogen) atoms. The first-order valence-corrected chi connectivity index (χ1v) is 12.1. The van der Waals surface area contributed by atoms with Gasteiger partial charge in [0, 0.05) is 31.0 Å². The molecule has 0 aliphatic carbocycles. The van der Waals surface area contributed by atoms with E-state index in [4.69, 9.17) is 20.2 Å². The van der Waals surface area contributed by atoms with Gasteiger partial charge in [0.1, 0.15) is 11.4 Å². The highest BCUT2D eigenvalue weighted by Crippen LogP contribution is 2.38. The first-order valence-electron chi connectivity index (χ1n) is 12.1. The number of carbonyl (C=O) groups excluding carboxylic acids is 2. The third kappa shape index (κ3) is 4.32. The predicted molar refractivity (Wildman–Crippen MR) is 133 cm³/mol. The Morgan fingerprint density at radius 2 is 2.00 bits per heavy atom. The Morgan fingerprint density at radius 3 is 2.74 bits per heavy atom. The maximum absolute atomic E-state index is 12.5. The summed E-state index contributed by atoms with van der Waals surface area (Å²) in [6.07, 6.45) is 2.93. The van der Waals surface area contributed by atoms with E-state index in [-0.39, 0.29) is 17.8 Å². The van der Waals surface area contributed by atoms with Crippen molar-refractivity contribution in [2.45, 2.75) is 39.3 Å². The number of anilines is 2. The number of aromatic nitrogens is 2. The average Bonchev–Trinajstić information content (AvgIpc) is 3.20. The van der Waals surface area contributed by atoms with E-state index in [2.05, 4.69) is 4.90 Å². The fraction of sp³-hybridized carbons (Fsp3) is 0.423. The number of pyridine rings is 1. The molecule has 1 amide bonds. The lowest BCUT2D eigenvalue weighted by atomic mass is 9.96. The van der Waals surface area contributed by atoms with Crippen LogP contribution in [-0.2, 0) is 20.9 Å². The number of piperidine rings is 1. The second-order valence-electron chi connectivity index (χ2n) is 9.24. The number of nitrogen functional groups attached to an aromatic ring is 1. The van der Waals surface area contributed by atoms with Crippen molar-refractivity contribution in [2.24, 2.45) is 5.92 Å². The molecule has 2 aliphatic rings. The van der Waals surface area contributed by atoms with Crippen LogP contribution in [0, 0.1) is 5.92 Å². The van der Waals surface area contributed by atoms with Gasteiger partial charge in [0.05, 0.1) is 29.6 Å². The largest absolute Gasteiger partial charge is 0.479 e. The fourth-order valence-electron chi connectivity index (χ4n) is 4.95. The molecule has 0 radical (unpaired) electrons. The van der Waals surface area contributed by atoms with Crippen molar-refractivity contribution in [3.8, 4) is 17.0 Å². The average molecular weight is 478 g/mol. The summed E-state index contributed by atoms with van der Waals surface area (Å²) < 4.78 is 13.1. The van der Waals surface area contributed by atoms with Gasteiger partial charge < -0.3 is 24.5 Å². The maximum Gasteiger partial charge on any atom is 0.309 e. The number of hydrogen-bond acceptors (Lipinski definition) is 7. The minimum atomic E-state index is -0.510. The number of fused-ring (bicyclic) bond motifs is 2. The highest BCUT2D eigenvalue weighted by molar-refractivity contribution is 6.00. The Bertz CT molecular complexity index is 1280. The van der Waals surface area contributed by atoms with Crippen LogP contribution in [0.2, 0.25) is 0 Å². The molecule has 0 saturated carbocycles. The lowest BCUT2D eigenvalue weighted by Crippen LogP contribution is -2.41. The second-order valence-corrected chi connectivity index (χ2v) is 9.24. The number of nitrogens with two attached hydrogens (primary N) is 1. The number of imidazole rings is 1. The number of amides is 1. The monoisotopic (exact) mass is 477 g/mol. The zero-order chi connectivity index (χ0) is 24.7. The summed E-state index contributed by atoms with van der Waals surface area (Å²) in [5.41, 5.74) is 11.1. The highest BCUT2D eigenvalue weighted by Gasteiger charge is 2.30. The van der Waals surface area contributed by atoms with Crippen LogP contribution in [0.15, 0.2) is 36.5 Å². The summed E-state index contributed by atoms with van der Waals surface area (Å²) in [6.45, 7) is 6.26. The molecule has 2 N–H and O–H groups in total. The van der Waals surface area contributed by atoms with Crippen molar-refractivity contribution in [1.82, 2.24) is 14.3 Å². The summed E-state index contributed by atoms with van der Waals surface area (Å²) in [4.78, 5) is 33.5. The zero-order valence-corrected chi connectivity index (χ0v) is 20.4. The van der Waals surface area contributed by atoms with Gasteiger partial charge in [-0.2, -0.15) is 0 Å². The van der Waals surface area contributed by atoms with Gasteiger partial charge in [-0.3, -0.25) is 14.5 Å². The van der Waals surface area contributed by atoms with E-state index in [1.54, 1.807) is 18.9 Å². The third-order valence-electron chi connectivity index (χ3n) is 6.90. The lowest BCUT2D eigenvalue weighted by molar-refractivity contribution is -0.149. The van der Waals surface area contributed by atoms with Gasteiger partial charge in [-0.05, 0) is 70.1 Å². The summed E-state index contributed by atoms with van der Waals surface area (Å²) in [5.74, 6) is 0.459. The fourth-order valence-corrected chi connectivity index (χ4v) is 4.95. The Hall–Kier alpha value is -3.59. The molecular weight excluding hydrogens is 446 g/mol. The smallest absolute Gasteiger partial charge is 0.309 e. The quantitative estimate of drug-likeness (QED) is 0.563. The van der Waals surface area contributed by atoms with Gasteiger partial charge in [-0.15, -0.1) is 0 Å². The molecular formula is C26H31N5O4. The molecule has 4 heterocycles. The summed E-state index contributed by atoms with van der Waals surface area (Å²) in [6, 6.07) is 9.60. The van der Waals surface area contributed by atoms with Gasteiger partial charge in [0.2, 0.25) is 0 Å². The summed E-state index contributed by atoms with van der Waals surface area (Å²) in [5, 5.41) is 0. The Labute approximate surface area is 204 Å². The molecule has 9 nitrogen and oxygen atoms in total. The number of likely N-dealkylation sites (tertiary alicyclic amines) is 1. The Kier molecular flexibility index (Phi) is 6.10. The standard InChI is InChI=1S/C26H31N5O4/c1-4-34-26(33)17-9-11-30(12-10-17)15-21-24(28-23-8-6-19(27)14-31(21)23)18-5-7-22-20(13-18)29(3)25(32)16(2)35-22/h5-8,13-14,16-17H,4,9-12,15,27H2,1-3H3. The van der Waals surface area contributed by atoms with Crippen molar-refractivity contribution >= 4 is 28.9 Å². The molecule has 3 aromatic rings. The van der Waals surface area contributed by atoms with E-state index in [0.29, 0.717) is 24.6 Å².